The molecule has 2 heterocycles. The summed E-state index contributed by atoms with van der Waals surface area (Å²) in [6.45, 7) is 4.88. The topological polar surface area (TPSA) is 120 Å². The molecule has 1 aromatic carbocycles. The third-order valence-electron chi connectivity index (χ3n) is 3.75. The molecule has 2 aromatic heterocycles. The number of nitrogens with zero attached hydrogens (tertiary/aromatic N) is 4. The normalized spacial score (nSPS) is 11.6. The number of aryl methyl sites for hydroxylation is 2. The van der Waals surface area contributed by atoms with Crippen LogP contribution in [-0.2, 0) is 10.0 Å². The minimum absolute atomic E-state index is 0.0126. The molecule has 0 amide bonds. The lowest BCUT2D eigenvalue weighted by Gasteiger charge is -2.10. The summed E-state index contributed by atoms with van der Waals surface area (Å²) in [5.41, 5.74) is 1.73. The van der Waals surface area contributed by atoms with Crippen LogP contribution < -0.4 is 4.72 Å². The lowest BCUT2D eigenvalue weighted by Crippen LogP contribution is -2.17. The van der Waals surface area contributed by atoms with Crippen molar-refractivity contribution in [3.8, 4) is 0 Å². The molecule has 0 aliphatic rings. The van der Waals surface area contributed by atoms with E-state index in [1.54, 1.807) is 25.3 Å². The molecule has 1 N–H and O–H groups in total. The Bertz CT molecular complexity index is 1100. The molecule has 0 saturated heterocycles. The summed E-state index contributed by atoms with van der Waals surface area (Å²) in [6, 6.07) is 6.27. The molecule has 0 atom stereocenters. The van der Waals surface area contributed by atoms with Gasteiger partial charge in [0.2, 0.25) is 5.95 Å². The van der Waals surface area contributed by atoms with Crippen molar-refractivity contribution in [2.75, 3.05) is 4.72 Å². The van der Waals surface area contributed by atoms with E-state index in [9.17, 15) is 18.5 Å². The van der Waals surface area contributed by atoms with Gasteiger partial charge in [-0.05, 0) is 50.1 Å². The quantitative estimate of drug-likeness (QED) is 0.563. The first kappa shape index (κ1) is 16.8. The number of hydrogen-bond acceptors (Lipinski definition) is 6. The van der Waals surface area contributed by atoms with Gasteiger partial charge >= 0.3 is 0 Å². The molecule has 10 heteroatoms. The highest BCUT2D eigenvalue weighted by Crippen LogP contribution is 2.28. The predicted molar refractivity (Wildman–Crippen MR) is 91.1 cm³/mol. The van der Waals surface area contributed by atoms with E-state index >= 15 is 0 Å². The van der Waals surface area contributed by atoms with Crippen molar-refractivity contribution in [3.05, 3.63) is 57.3 Å². The average Bonchev–Trinajstić information content (AvgIpc) is 2.90. The van der Waals surface area contributed by atoms with Gasteiger partial charge in [-0.1, -0.05) is 0 Å². The molecule has 130 valence electrons. The molecule has 3 rings (SSSR count). The molecule has 0 unspecified atom stereocenters. The van der Waals surface area contributed by atoms with E-state index < -0.39 is 14.9 Å². The third-order valence-corrected chi connectivity index (χ3v) is 5.21. The zero-order chi connectivity index (χ0) is 18.4. The fourth-order valence-corrected chi connectivity index (χ4v) is 3.85. The smallest absolute Gasteiger partial charge is 0.268 e. The largest absolute Gasteiger partial charge is 0.273 e. The average molecular weight is 361 g/mol. The van der Waals surface area contributed by atoms with Crippen molar-refractivity contribution in [1.29, 1.82) is 0 Å². The van der Waals surface area contributed by atoms with Crippen molar-refractivity contribution >= 4 is 27.3 Å². The summed E-state index contributed by atoms with van der Waals surface area (Å²) in [5.74, 6) is 0.0126. The van der Waals surface area contributed by atoms with Gasteiger partial charge < -0.3 is 0 Å². The van der Waals surface area contributed by atoms with E-state index in [-0.39, 0.29) is 22.1 Å². The zero-order valence-electron chi connectivity index (χ0n) is 13.7. The molecule has 0 spiro atoms. The number of sulfonamides is 1. The highest BCUT2D eigenvalue weighted by Gasteiger charge is 2.25. The maximum Gasteiger partial charge on any atom is 0.273 e. The number of benzene rings is 1. The minimum atomic E-state index is -4.07. The summed E-state index contributed by atoms with van der Waals surface area (Å²) < 4.78 is 29.3. The number of pyridine rings is 1. The van der Waals surface area contributed by atoms with Gasteiger partial charge in [0.1, 0.15) is 0 Å². The standard InChI is InChI=1S/C15H15N5O4S/c1-9-4-5-19-14(8-9)16-17-15(19)18-25(23,24)13-7-10(2)6-12(11(13)3)20(21)22/h4-8H,1-3H3,(H,17,18). The van der Waals surface area contributed by atoms with Crippen molar-refractivity contribution < 1.29 is 13.3 Å². The van der Waals surface area contributed by atoms with Crippen LogP contribution in [0.1, 0.15) is 16.7 Å². The Morgan fingerprint density at radius 1 is 1.12 bits per heavy atom. The molecule has 0 fully saturated rings. The van der Waals surface area contributed by atoms with Crippen LogP contribution in [0.4, 0.5) is 11.6 Å². The van der Waals surface area contributed by atoms with E-state index in [1.807, 2.05) is 6.92 Å². The number of aromatic nitrogens is 3. The molecule has 0 radical (unpaired) electrons. The second-order valence-corrected chi connectivity index (χ2v) is 7.38. The zero-order valence-corrected chi connectivity index (χ0v) is 14.5. The van der Waals surface area contributed by atoms with Crippen LogP contribution in [0, 0.1) is 30.9 Å². The second-order valence-electron chi connectivity index (χ2n) is 5.73. The number of fused-ring (bicyclic) bond motifs is 1. The van der Waals surface area contributed by atoms with Crippen molar-refractivity contribution in [1.82, 2.24) is 14.6 Å². The predicted octanol–water partition coefficient (Wildman–Crippen LogP) is 2.36. The van der Waals surface area contributed by atoms with Crippen LogP contribution in [-0.4, -0.2) is 27.9 Å². The van der Waals surface area contributed by atoms with Crippen molar-refractivity contribution in [2.45, 2.75) is 25.7 Å². The Balaban J connectivity index is 2.09. The fourth-order valence-electron chi connectivity index (χ4n) is 2.51. The van der Waals surface area contributed by atoms with Crippen LogP contribution >= 0.6 is 0 Å². The highest BCUT2D eigenvalue weighted by molar-refractivity contribution is 7.92. The van der Waals surface area contributed by atoms with E-state index in [0.717, 1.165) is 5.56 Å². The van der Waals surface area contributed by atoms with Gasteiger partial charge in [-0.3, -0.25) is 14.5 Å². The maximum atomic E-state index is 12.7. The van der Waals surface area contributed by atoms with Gasteiger partial charge in [0.05, 0.1) is 9.82 Å². The minimum Gasteiger partial charge on any atom is -0.268 e. The molecule has 0 aliphatic carbocycles. The number of nitro benzene ring substituents is 1. The van der Waals surface area contributed by atoms with Gasteiger partial charge in [-0.15, -0.1) is 10.2 Å². The lowest BCUT2D eigenvalue weighted by atomic mass is 10.1. The van der Waals surface area contributed by atoms with E-state index in [1.165, 1.54) is 23.5 Å². The van der Waals surface area contributed by atoms with Crippen molar-refractivity contribution in [2.24, 2.45) is 0 Å². The molecule has 0 bridgehead atoms. The Morgan fingerprint density at radius 3 is 2.52 bits per heavy atom. The highest BCUT2D eigenvalue weighted by atomic mass is 32.2. The maximum absolute atomic E-state index is 12.7. The molecular formula is C15H15N5O4S. The summed E-state index contributed by atoms with van der Waals surface area (Å²) in [5, 5.41) is 18.9. The Labute approximate surface area is 143 Å². The molecule has 3 aromatic rings. The van der Waals surface area contributed by atoms with E-state index in [2.05, 4.69) is 14.9 Å². The van der Waals surface area contributed by atoms with Crippen LogP contribution in [0.3, 0.4) is 0 Å². The SMILES string of the molecule is Cc1cc([N+](=O)[O-])c(C)c(S(=O)(=O)Nc2nnc3cc(C)ccn23)c1. The van der Waals surface area contributed by atoms with Gasteiger partial charge in [0.15, 0.2) is 5.65 Å². The number of anilines is 1. The van der Waals surface area contributed by atoms with Crippen LogP contribution in [0.15, 0.2) is 35.4 Å². The first-order valence-corrected chi connectivity index (χ1v) is 8.77. The first-order valence-electron chi connectivity index (χ1n) is 7.29. The Morgan fingerprint density at radius 2 is 1.84 bits per heavy atom. The number of hydrogen-bond donors (Lipinski definition) is 1. The molecule has 9 nitrogen and oxygen atoms in total. The first-order chi connectivity index (χ1) is 11.7. The van der Waals surface area contributed by atoms with E-state index in [4.69, 9.17) is 0 Å². The second kappa shape index (κ2) is 5.81. The van der Waals surface area contributed by atoms with Crippen molar-refractivity contribution in [3.63, 3.8) is 0 Å². The molecule has 25 heavy (non-hydrogen) atoms. The van der Waals surface area contributed by atoms with Gasteiger partial charge in [-0.2, -0.15) is 0 Å². The molecular weight excluding hydrogens is 346 g/mol. The van der Waals surface area contributed by atoms with Crippen LogP contribution in [0.5, 0.6) is 0 Å². The Kier molecular flexibility index (Phi) is 3.91. The van der Waals surface area contributed by atoms with E-state index in [0.29, 0.717) is 11.2 Å². The van der Waals surface area contributed by atoms with Gasteiger partial charge in [0, 0.05) is 17.8 Å². The summed E-state index contributed by atoms with van der Waals surface area (Å²) >= 11 is 0. The summed E-state index contributed by atoms with van der Waals surface area (Å²) in [4.78, 5) is 10.4. The number of nitro groups is 1. The summed E-state index contributed by atoms with van der Waals surface area (Å²) in [7, 11) is -4.07. The lowest BCUT2D eigenvalue weighted by molar-refractivity contribution is -0.385. The van der Waals surface area contributed by atoms with Crippen LogP contribution in [0.25, 0.3) is 5.65 Å². The van der Waals surface area contributed by atoms with Gasteiger partial charge in [-0.25, -0.2) is 13.1 Å². The number of nitrogens with one attached hydrogen (secondary N) is 1. The Hall–Kier alpha value is -3.01. The fraction of sp³-hybridized carbons (Fsp3) is 0.200. The monoisotopic (exact) mass is 361 g/mol. The van der Waals surface area contributed by atoms with Crippen LogP contribution in [0.2, 0.25) is 0 Å². The molecule has 0 aliphatic heterocycles. The van der Waals surface area contributed by atoms with Gasteiger partial charge in [0.25, 0.3) is 15.7 Å². The molecule has 0 saturated carbocycles. The summed E-state index contributed by atoms with van der Waals surface area (Å²) in [6.07, 6.45) is 1.65. The number of rotatable bonds is 4. The third kappa shape index (κ3) is 3.03.